The van der Waals surface area contributed by atoms with Gasteiger partial charge in [-0.1, -0.05) is 29.8 Å². The summed E-state index contributed by atoms with van der Waals surface area (Å²) in [6.07, 6.45) is 1.66. The van der Waals surface area contributed by atoms with Gasteiger partial charge in [0.2, 0.25) is 0 Å². The number of carbonyl (C=O) groups is 2. The third kappa shape index (κ3) is 8.02. The summed E-state index contributed by atoms with van der Waals surface area (Å²) in [5, 5.41) is 17.8. The van der Waals surface area contributed by atoms with E-state index in [1.807, 2.05) is 43.3 Å². The fourth-order valence-electron chi connectivity index (χ4n) is 4.42. The van der Waals surface area contributed by atoms with Gasteiger partial charge in [0.25, 0.3) is 0 Å². The van der Waals surface area contributed by atoms with Crippen LogP contribution in [-0.2, 0) is 0 Å². The van der Waals surface area contributed by atoms with E-state index in [0.29, 0.717) is 59.2 Å². The number of carbonyl (C=O) groups excluding carboxylic acids is 2. The second-order valence-electron chi connectivity index (χ2n) is 9.07. The van der Waals surface area contributed by atoms with Crippen LogP contribution in [0.2, 0.25) is 5.02 Å². The van der Waals surface area contributed by atoms with Crippen molar-refractivity contribution >= 4 is 40.7 Å². The van der Waals surface area contributed by atoms with E-state index >= 15 is 0 Å². The molecule has 0 radical (unpaired) electrons. The van der Waals surface area contributed by atoms with Gasteiger partial charge in [0.1, 0.15) is 18.1 Å². The lowest BCUT2D eigenvalue weighted by Crippen LogP contribution is -2.40. The van der Waals surface area contributed by atoms with E-state index in [4.69, 9.17) is 26.2 Å². The summed E-state index contributed by atoms with van der Waals surface area (Å²) < 4.78 is 10.8. The molecule has 4 rings (SSSR count). The standard InChI is InChI=1S/C29H33ClN4O5/c1-2-38-24-5-3-4-23(18-24)32-28(36)31-22-8-6-20(7-9-22)21-12-14-34(15-13-21)29(37)33-27-11-10-25(19-26(27)30)39-17-16-35/h3-11,18-19,21,35H,2,12-17H2,1H3,(H,33,37)(H2,31,32,36). The molecule has 1 heterocycles. The minimum absolute atomic E-state index is 0.0879. The van der Waals surface area contributed by atoms with E-state index < -0.39 is 0 Å². The topological polar surface area (TPSA) is 112 Å². The van der Waals surface area contributed by atoms with Crippen molar-refractivity contribution in [3.63, 3.8) is 0 Å². The van der Waals surface area contributed by atoms with E-state index in [1.165, 1.54) is 5.56 Å². The molecule has 1 aliphatic heterocycles. The minimum Gasteiger partial charge on any atom is -0.494 e. The molecule has 0 aliphatic carbocycles. The van der Waals surface area contributed by atoms with Crippen LogP contribution in [0.4, 0.5) is 26.7 Å². The highest BCUT2D eigenvalue weighted by atomic mass is 35.5. The molecule has 4 N–H and O–H groups in total. The highest BCUT2D eigenvalue weighted by Crippen LogP contribution is 2.31. The van der Waals surface area contributed by atoms with Gasteiger partial charge in [0.05, 0.1) is 23.9 Å². The number of hydrogen-bond acceptors (Lipinski definition) is 5. The van der Waals surface area contributed by atoms with Crippen LogP contribution >= 0.6 is 11.6 Å². The Morgan fingerprint density at radius 3 is 2.33 bits per heavy atom. The molecule has 1 fully saturated rings. The second-order valence-corrected chi connectivity index (χ2v) is 9.47. The number of halogens is 1. The molecule has 39 heavy (non-hydrogen) atoms. The first-order valence-corrected chi connectivity index (χ1v) is 13.3. The van der Waals surface area contributed by atoms with Gasteiger partial charge in [0, 0.05) is 36.6 Å². The van der Waals surface area contributed by atoms with Crippen LogP contribution in [0.1, 0.15) is 31.2 Å². The summed E-state index contributed by atoms with van der Waals surface area (Å²) in [6, 6.07) is 19.5. The molecule has 1 aliphatic rings. The number of urea groups is 2. The van der Waals surface area contributed by atoms with Crippen molar-refractivity contribution in [2.45, 2.75) is 25.7 Å². The third-order valence-corrected chi connectivity index (χ3v) is 6.68. The maximum Gasteiger partial charge on any atom is 0.323 e. The van der Waals surface area contributed by atoms with Gasteiger partial charge in [-0.15, -0.1) is 0 Å². The van der Waals surface area contributed by atoms with Gasteiger partial charge < -0.3 is 35.4 Å². The molecular weight excluding hydrogens is 520 g/mol. The number of aliphatic hydroxyl groups is 1. The number of benzene rings is 3. The SMILES string of the molecule is CCOc1cccc(NC(=O)Nc2ccc(C3CCN(C(=O)Nc4ccc(OCCO)cc4Cl)CC3)cc2)c1. The Kier molecular flexibility index (Phi) is 9.88. The lowest BCUT2D eigenvalue weighted by atomic mass is 9.89. The predicted octanol–water partition coefficient (Wildman–Crippen LogP) is 6.17. The first kappa shape index (κ1) is 28.1. The van der Waals surface area contributed by atoms with Crippen LogP contribution in [0.15, 0.2) is 66.7 Å². The first-order valence-electron chi connectivity index (χ1n) is 12.9. The third-order valence-electron chi connectivity index (χ3n) is 6.37. The molecular formula is C29H33ClN4O5. The number of anilines is 3. The van der Waals surface area contributed by atoms with Crippen molar-refractivity contribution in [3.05, 3.63) is 77.3 Å². The Hall–Kier alpha value is -3.95. The van der Waals surface area contributed by atoms with Crippen molar-refractivity contribution in [2.24, 2.45) is 0 Å². The zero-order valence-electron chi connectivity index (χ0n) is 21.8. The predicted molar refractivity (Wildman–Crippen MR) is 153 cm³/mol. The molecule has 0 spiro atoms. The van der Waals surface area contributed by atoms with Crippen molar-refractivity contribution < 1.29 is 24.2 Å². The van der Waals surface area contributed by atoms with Gasteiger partial charge in [-0.3, -0.25) is 0 Å². The Labute approximate surface area is 233 Å². The van der Waals surface area contributed by atoms with Crippen LogP contribution in [0, 0.1) is 0 Å². The lowest BCUT2D eigenvalue weighted by Gasteiger charge is -2.32. The molecule has 1 saturated heterocycles. The number of aliphatic hydroxyl groups excluding tert-OH is 1. The molecule has 0 atom stereocenters. The second kappa shape index (κ2) is 13.7. The summed E-state index contributed by atoms with van der Waals surface area (Å²) >= 11 is 6.29. The highest BCUT2D eigenvalue weighted by Gasteiger charge is 2.24. The summed E-state index contributed by atoms with van der Waals surface area (Å²) in [4.78, 5) is 27.0. The molecule has 0 unspecified atom stereocenters. The molecule has 0 aromatic heterocycles. The summed E-state index contributed by atoms with van der Waals surface area (Å²) in [7, 11) is 0. The summed E-state index contributed by atoms with van der Waals surface area (Å²) in [5.74, 6) is 1.55. The Balaban J connectivity index is 1.24. The largest absolute Gasteiger partial charge is 0.494 e. The van der Waals surface area contributed by atoms with Crippen LogP contribution in [0.25, 0.3) is 0 Å². The van der Waals surface area contributed by atoms with Crippen LogP contribution in [-0.4, -0.2) is 55.0 Å². The molecule has 10 heteroatoms. The van der Waals surface area contributed by atoms with Crippen molar-refractivity contribution in [1.82, 2.24) is 4.90 Å². The number of ether oxygens (including phenoxy) is 2. The first-order chi connectivity index (χ1) is 18.9. The Morgan fingerprint density at radius 2 is 1.64 bits per heavy atom. The molecule has 0 saturated carbocycles. The Bertz CT molecular complexity index is 1260. The smallest absolute Gasteiger partial charge is 0.323 e. The zero-order valence-corrected chi connectivity index (χ0v) is 22.5. The Morgan fingerprint density at radius 1 is 0.923 bits per heavy atom. The van der Waals surface area contributed by atoms with Crippen molar-refractivity contribution in [1.29, 1.82) is 0 Å². The number of hydrogen-bond donors (Lipinski definition) is 4. The zero-order chi connectivity index (χ0) is 27.6. The fourth-order valence-corrected chi connectivity index (χ4v) is 4.64. The number of amides is 4. The van der Waals surface area contributed by atoms with E-state index in [1.54, 1.807) is 35.2 Å². The van der Waals surface area contributed by atoms with Gasteiger partial charge in [-0.25, -0.2) is 9.59 Å². The molecule has 0 bridgehead atoms. The normalized spacial score (nSPS) is 13.5. The van der Waals surface area contributed by atoms with Gasteiger partial charge in [-0.05, 0) is 67.6 Å². The van der Waals surface area contributed by atoms with Crippen LogP contribution in [0.3, 0.4) is 0 Å². The quantitative estimate of drug-likeness (QED) is 0.254. The lowest BCUT2D eigenvalue weighted by molar-refractivity contribution is 0.194. The fraction of sp³-hybridized carbons (Fsp3) is 0.310. The molecule has 9 nitrogen and oxygen atoms in total. The average Bonchev–Trinajstić information content (AvgIpc) is 2.94. The van der Waals surface area contributed by atoms with E-state index in [9.17, 15) is 9.59 Å². The monoisotopic (exact) mass is 552 g/mol. The molecule has 3 aromatic carbocycles. The maximum atomic E-state index is 12.8. The number of nitrogens with one attached hydrogen (secondary N) is 3. The van der Waals surface area contributed by atoms with Crippen LogP contribution in [0.5, 0.6) is 11.5 Å². The number of likely N-dealkylation sites (tertiary alicyclic amines) is 1. The summed E-state index contributed by atoms with van der Waals surface area (Å²) in [6.45, 7) is 3.79. The van der Waals surface area contributed by atoms with Crippen LogP contribution < -0.4 is 25.4 Å². The van der Waals surface area contributed by atoms with Gasteiger partial charge >= 0.3 is 12.1 Å². The van der Waals surface area contributed by atoms with E-state index in [0.717, 1.165) is 12.8 Å². The highest BCUT2D eigenvalue weighted by molar-refractivity contribution is 6.33. The maximum absolute atomic E-state index is 12.8. The summed E-state index contributed by atoms with van der Waals surface area (Å²) in [5.41, 5.74) is 3.03. The van der Waals surface area contributed by atoms with Crippen molar-refractivity contribution in [2.75, 3.05) is 48.9 Å². The molecule has 206 valence electrons. The van der Waals surface area contributed by atoms with E-state index in [2.05, 4.69) is 16.0 Å². The van der Waals surface area contributed by atoms with E-state index in [-0.39, 0.29) is 25.3 Å². The average molecular weight is 553 g/mol. The number of rotatable bonds is 9. The van der Waals surface area contributed by atoms with Gasteiger partial charge in [0.15, 0.2) is 0 Å². The molecule has 3 aromatic rings. The molecule has 4 amide bonds. The van der Waals surface area contributed by atoms with Crippen molar-refractivity contribution in [3.8, 4) is 11.5 Å². The minimum atomic E-state index is -0.330. The van der Waals surface area contributed by atoms with Gasteiger partial charge in [-0.2, -0.15) is 0 Å². The number of piperidine rings is 1. The number of nitrogens with zero attached hydrogens (tertiary/aromatic N) is 1.